The fraction of sp³-hybridized carbons (Fsp3) is 0.118. The average Bonchev–Trinajstić information content (AvgIpc) is 2.79. The molecule has 1 aromatic heterocycles. The van der Waals surface area contributed by atoms with E-state index in [1.54, 1.807) is 19.1 Å². The quantitative estimate of drug-likeness (QED) is 0.776. The smallest absolute Gasteiger partial charge is 0.142 e. The second-order valence-corrected chi connectivity index (χ2v) is 5.06. The Morgan fingerprint density at radius 3 is 2.43 bits per heavy atom. The van der Waals surface area contributed by atoms with Crippen LogP contribution < -0.4 is 5.73 Å². The third-order valence-corrected chi connectivity index (χ3v) is 3.60. The van der Waals surface area contributed by atoms with Gasteiger partial charge in [-0.2, -0.15) is 0 Å². The standard InChI is InChI=1S/C17H16FN3/c1-11-10-13(8-9-14(11)18)15-16(19)21(2)17(20-15)12-6-4-3-5-7-12/h3-10H,19H2,1-2H3. The van der Waals surface area contributed by atoms with Crippen molar-refractivity contribution in [2.75, 3.05) is 5.73 Å². The van der Waals surface area contributed by atoms with Crippen LogP contribution in [0.5, 0.6) is 0 Å². The minimum atomic E-state index is -0.225. The van der Waals surface area contributed by atoms with Crippen LogP contribution >= 0.6 is 0 Å². The number of halogens is 1. The molecular weight excluding hydrogens is 265 g/mol. The van der Waals surface area contributed by atoms with Gasteiger partial charge in [-0.15, -0.1) is 0 Å². The normalized spacial score (nSPS) is 10.8. The Morgan fingerprint density at radius 1 is 1.05 bits per heavy atom. The third kappa shape index (κ3) is 2.29. The molecule has 0 aliphatic rings. The zero-order valence-corrected chi connectivity index (χ0v) is 12.0. The lowest BCUT2D eigenvalue weighted by Crippen LogP contribution is -1.98. The fourth-order valence-corrected chi connectivity index (χ4v) is 2.36. The maximum absolute atomic E-state index is 13.4. The minimum absolute atomic E-state index is 0.225. The molecule has 0 atom stereocenters. The maximum Gasteiger partial charge on any atom is 0.142 e. The summed E-state index contributed by atoms with van der Waals surface area (Å²) in [6.07, 6.45) is 0. The summed E-state index contributed by atoms with van der Waals surface area (Å²) in [5.74, 6) is 1.14. The van der Waals surface area contributed by atoms with Crippen molar-refractivity contribution in [3.63, 3.8) is 0 Å². The number of hydrogen-bond donors (Lipinski definition) is 1. The van der Waals surface area contributed by atoms with Crippen molar-refractivity contribution >= 4 is 5.82 Å². The van der Waals surface area contributed by atoms with E-state index in [4.69, 9.17) is 5.73 Å². The Morgan fingerprint density at radius 2 is 1.76 bits per heavy atom. The molecule has 3 rings (SSSR count). The van der Waals surface area contributed by atoms with E-state index >= 15 is 0 Å². The summed E-state index contributed by atoms with van der Waals surface area (Å²) in [7, 11) is 1.88. The van der Waals surface area contributed by atoms with Gasteiger partial charge in [-0.05, 0) is 30.7 Å². The van der Waals surface area contributed by atoms with Gasteiger partial charge in [-0.25, -0.2) is 9.37 Å². The molecule has 0 aliphatic heterocycles. The predicted octanol–water partition coefficient (Wildman–Crippen LogP) is 3.78. The van der Waals surface area contributed by atoms with E-state index < -0.39 is 0 Å². The summed E-state index contributed by atoms with van der Waals surface area (Å²) in [6.45, 7) is 1.73. The van der Waals surface area contributed by atoms with Gasteiger partial charge in [0, 0.05) is 18.2 Å². The summed E-state index contributed by atoms with van der Waals surface area (Å²) in [5, 5.41) is 0. The van der Waals surface area contributed by atoms with E-state index in [0.29, 0.717) is 17.1 Å². The van der Waals surface area contributed by atoms with Gasteiger partial charge in [0.1, 0.15) is 23.2 Å². The van der Waals surface area contributed by atoms with Gasteiger partial charge >= 0.3 is 0 Å². The highest BCUT2D eigenvalue weighted by Gasteiger charge is 2.15. The predicted molar refractivity (Wildman–Crippen MR) is 83.2 cm³/mol. The first kappa shape index (κ1) is 13.4. The maximum atomic E-state index is 13.4. The number of imidazole rings is 1. The van der Waals surface area contributed by atoms with Gasteiger partial charge in [-0.3, -0.25) is 0 Å². The molecule has 0 radical (unpaired) electrons. The molecule has 21 heavy (non-hydrogen) atoms. The topological polar surface area (TPSA) is 43.8 Å². The molecule has 2 N–H and O–H groups in total. The van der Waals surface area contributed by atoms with Crippen LogP contribution in [-0.2, 0) is 7.05 Å². The number of aromatic nitrogens is 2. The van der Waals surface area contributed by atoms with Crippen LogP contribution in [0.2, 0.25) is 0 Å². The van der Waals surface area contributed by atoms with Crippen molar-refractivity contribution in [3.05, 3.63) is 59.9 Å². The summed E-state index contributed by atoms with van der Waals surface area (Å²) in [5.41, 5.74) is 9.25. The van der Waals surface area contributed by atoms with E-state index in [1.165, 1.54) is 6.07 Å². The highest BCUT2D eigenvalue weighted by atomic mass is 19.1. The Balaban J connectivity index is 2.15. The van der Waals surface area contributed by atoms with E-state index in [0.717, 1.165) is 17.0 Å². The minimum Gasteiger partial charge on any atom is -0.383 e. The van der Waals surface area contributed by atoms with Crippen molar-refractivity contribution in [2.45, 2.75) is 6.92 Å². The highest BCUT2D eigenvalue weighted by Crippen LogP contribution is 2.30. The van der Waals surface area contributed by atoms with E-state index in [9.17, 15) is 4.39 Å². The van der Waals surface area contributed by atoms with Crippen molar-refractivity contribution in [3.8, 4) is 22.6 Å². The van der Waals surface area contributed by atoms with E-state index in [1.807, 2.05) is 41.9 Å². The molecule has 3 nitrogen and oxygen atoms in total. The number of hydrogen-bond acceptors (Lipinski definition) is 2. The SMILES string of the molecule is Cc1cc(-c2nc(-c3ccccc3)n(C)c2N)ccc1F. The summed E-state index contributed by atoms with van der Waals surface area (Å²) >= 11 is 0. The van der Waals surface area contributed by atoms with Gasteiger partial charge in [0.05, 0.1) is 0 Å². The molecule has 1 heterocycles. The first-order valence-corrected chi connectivity index (χ1v) is 6.72. The number of nitrogens with zero attached hydrogens (tertiary/aromatic N) is 2. The second kappa shape index (κ2) is 5.05. The monoisotopic (exact) mass is 281 g/mol. The highest BCUT2D eigenvalue weighted by molar-refractivity contribution is 5.75. The van der Waals surface area contributed by atoms with Crippen LogP contribution in [0.15, 0.2) is 48.5 Å². The number of rotatable bonds is 2. The van der Waals surface area contributed by atoms with Gasteiger partial charge < -0.3 is 10.3 Å². The first-order chi connectivity index (χ1) is 10.1. The molecule has 0 bridgehead atoms. The molecular formula is C17H16FN3. The number of benzene rings is 2. The van der Waals surface area contributed by atoms with Crippen LogP contribution in [0.3, 0.4) is 0 Å². The second-order valence-electron chi connectivity index (χ2n) is 5.06. The average molecular weight is 281 g/mol. The molecule has 0 saturated heterocycles. The molecule has 0 spiro atoms. The Labute approximate surface area is 122 Å². The summed E-state index contributed by atoms with van der Waals surface area (Å²) in [4.78, 5) is 4.64. The van der Waals surface area contributed by atoms with Crippen molar-refractivity contribution < 1.29 is 4.39 Å². The lowest BCUT2D eigenvalue weighted by Gasteiger charge is -2.03. The molecule has 0 amide bonds. The lowest BCUT2D eigenvalue weighted by molar-refractivity contribution is 0.619. The van der Waals surface area contributed by atoms with Crippen molar-refractivity contribution in [1.82, 2.24) is 9.55 Å². The van der Waals surface area contributed by atoms with Gasteiger partial charge in [0.25, 0.3) is 0 Å². The zero-order chi connectivity index (χ0) is 15.0. The van der Waals surface area contributed by atoms with Gasteiger partial charge in [-0.1, -0.05) is 30.3 Å². The molecule has 4 heteroatoms. The zero-order valence-electron chi connectivity index (χ0n) is 12.0. The molecule has 106 valence electrons. The van der Waals surface area contributed by atoms with Crippen molar-refractivity contribution in [1.29, 1.82) is 0 Å². The van der Waals surface area contributed by atoms with Gasteiger partial charge in [0.15, 0.2) is 0 Å². The third-order valence-electron chi connectivity index (χ3n) is 3.60. The summed E-state index contributed by atoms with van der Waals surface area (Å²) in [6, 6.07) is 14.8. The number of nitrogens with two attached hydrogens (primary N) is 1. The molecule has 0 aliphatic carbocycles. The Bertz CT molecular complexity index is 791. The Kier molecular flexibility index (Phi) is 3.22. The largest absolute Gasteiger partial charge is 0.383 e. The van der Waals surface area contributed by atoms with Crippen molar-refractivity contribution in [2.24, 2.45) is 7.05 Å². The molecule has 0 unspecified atom stereocenters. The number of aryl methyl sites for hydroxylation is 1. The van der Waals surface area contributed by atoms with Crippen LogP contribution in [0.25, 0.3) is 22.6 Å². The fourth-order valence-electron chi connectivity index (χ4n) is 2.36. The Hall–Kier alpha value is -2.62. The first-order valence-electron chi connectivity index (χ1n) is 6.72. The molecule has 0 saturated carbocycles. The van der Waals surface area contributed by atoms with Gasteiger partial charge in [0.2, 0.25) is 0 Å². The summed E-state index contributed by atoms with van der Waals surface area (Å²) < 4.78 is 15.3. The molecule has 3 aromatic rings. The van der Waals surface area contributed by atoms with E-state index in [2.05, 4.69) is 4.98 Å². The van der Waals surface area contributed by atoms with Crippen LogP contribution in [0, 0.1) is 12.7 Å². The van der Waals surface area contributed by atoms with Crippen LogP contribution in [-0.4, -0.2) is 9.55 Å². The number of nitrogen functional groups attached to an aromatic ring is 1. The van der Waals surface area contributed by atoms with Crippen LogP contribution in [0.1, 0.15) is 5.56 Å². The van der Waals surface area contributed by atoms with Crippen LogP contribution in [0.4, 0.5) is 10.2 Å². The lowest BCUT2D eigenvalue weighted by atomic mass is 10.1. The number of anilines is 1. The molecule has 2 aromatic carbocycles. The molecule has 0 fully saturated rings. The van der Waals surface area contributed by atoms with E-state index in [-0.39, 0.29) is 5.82 Å².